The van der Waals surface area contributed by atoms with Crippen LogP contribution < -0.4 is 0 Å². The summed E-state index contributed by atoms with van der Waals surface area (Å²) in [5, 5.41) is 8.91. The highest BCUT2D eigenvalue weighted by atomic mass is 16.1. The molecule has 0 atom stereocenters. The quantitative estimate of drug-likeness (QED) is 0.683. The molecule has 0 saturated heterocycles. The molecule has 0 spiro atoms. The second-order valence-electron chi connectivity index (χ2n) is 3.28. The largest absolute Gasteiger partial charge is 0.294 e. The lowest BCUT2D eigenvalue weighted by Crippen LogP contribution is -2.02. The Morgan fingerprint density at radius 2 is 2.21 bits per heavy atom. The lowest BCUT2D eigenvalue weighted by Gasteiger charge is -2.04. The van der Waals surface area contributed by atoms with Crippen LogP contribution in [0.15, 0.2) is 18.2 Å². The highest BCUT2D eigenvalue weighted by Crippen LogP contribution is 2.15. The third kappa shape index (κ3) is 2.00. The second-order valence-corrected chi connectivity index (χ2v) is 3.28. The molecule has 72 valence electrons. The maximum atomic E-state index is 11.6. The molecule has 1 aromatic carbocycles. The van der Waals surface area contributed by atoms with Gasteiger partial charge in [0, 0.05) is 12.0 Å². The Morgan fingerprint density at radius 1 is 1.50 bits per heavy atom. The Kier molecular flexibility index (Phi) is 3.41. The zero-order chi connectivity index (χ0) is 10.6. The Morgan fingerprint density at radius 3 is 2.79 bits per heavy atom. The van der Waals surface area contributed by atoms with Gasteiger partial charge in [0.25, 0.3) is 0 Å². The summed E-state index contributed by atoms with van der Waals surface area (Å²) in [6.07, 6.45) is 1.33. The summed E-state index contributed by atoms with van der Waals surface area (Å²) in [4.78, 5) is 11.6. The van der Waals surface area contributed by atoms with Crippen molar-refractivity contribution in [1.29, 1.82) is 5.26 Å². The molecule has 0 aliphatic carbocycles. The summed E-state index contributed by atoms with van der Waals surface area (Å²) in [6.45, 7) is 3.81. The number of aryl methyl sites for hydroxylation is 1. The van der Waals surface area contributed by atoms with Gasteiger partial charge in [0.2, 0.25) is 0 Å². The van der Waals surface area contributed by atoms with E-state index in [-0.39, 0.29) is 5.78 Å². The predicted molar refractivity (Wildman–Crippen MR) is 55.1 cm³/mol. The van der Waals surface area contributed by atoms with Crippen molar-refractivity contribution in [2.24, 2.45) is 0 Å². The van der Waals surface area contributed by atoms with E-state index in [1.807, 2.05) is 26.0 Å². The highest BCUT2D eigenvalue weighted by Gasteiger charge is 2.11. The number of nitriles is 1. The SMILES string of the molecule is CCCC(=O)c1cccc(C)c1C#N. The predicted octanol–water partition coefficient (Wildman–Crippen LogP) is 2.85. The van der Waals surface area contributed by atoms with Gasteiger partial charge in [0.1, 0.15) is 6.07 Å². The maximum absolute atomic E-state index is 11.6. The van der Waals surface area contributed by atoms with Gasteiger partial charge in [-0.05, 0) is 18.9 Å². The van der Waals surface area contributed by atoms with Crippen molar-refractivity contribution < 1.29 is 4.79 Å². The molecular weight excluding hydrogens is 174 g/mol. The number of hydrogen-bond donors (Lipinski definition) is 0. The Hall–Kier alpha value is -1.62. The molecule has 0 N–H and O–H groups in total. The normalized spacial score (nSPS) is 9.50. The number of benzene rings is 1. The minimum absolute atomic E-state index is 0.0627. The van der Waals surface area contributed by atoms with E-state index >= 15 is 0 Å². The number of rotatable bonds is 3. The van der Waals surface area contributed by atoms with Crippen LogP contribution in [0.5, 0.6) is 0 Å². The maximum Gasteiger partial charge on any atom is 0.164 e. The molecule has 0 bridgehead atoms. The summed E-state index contributed by atoms with van der Waals surface area (Å²) < 4.78 is 0. The molecule has 2 nitrogen and oxygen atoms in total. The standard InChI is InChI=1S/C12H13NO/c1-3-5-12(14)10-7-4-6-9(2)11(10)8-13/h4,6-7H,3,5H2,1-2H3. The minimum atomic E-state index is 0.0627. The molecular formula is C12H13NO. The third-order valence-corrected chi connectivity index (χ3v) is 2.16. The molecule has 14 heavy (non-hydrogen) atoms. The van der Waals surface area contributed by atoms with E-state index in [1.165, 1.54) is 0 Å². The van der Waals surface area contributed by atoms with E-state index in [0.717, 1.165) is 12.0 Å². The van der Waals surface area contributed by atoms with Gasteiger partial charge in [0.05, 0.1) is 5.56 Å². The summed E-state index contributed by atoms with van der Waals surface area (Å²) in [7, 11) is 0. The number of Topliss-reactive ketones (excluding diaryl/α,β-unsaturated/α-hetero) is 1. The molecule has 0 aromatic heterocycles. The zero-order valence-electron chi connectivity index (χ0n) is 8.50. The van der Waals surface area contributed by atoms with Gasteiger partial charge in [0.15, 0.2) is 5.78 Å². The van der Waals surface area contributed by atoms with Crippen molar-refractivity contribution in [2.75, 3.05) is 0 Å². The van der Waals surface area contributed by atoms with Crippen molar-refractivity contribution in [3.8, 4) is 6.07 Å². The van der Waals surface area contributed by atoms with E-state index in [0.29, 0.717) is 17.5 Å². The molecule has 1 aromatic rings. The monoisotopic (exact) mass is 187 g/mol. The van der Waals surface area contributed by atoms with Crippen LogP contribution in [0.1, 0.15) is 41.3 Å². The number of nitrogens with zero attached hydrogens (tertiary/aromatic N) is 1. The lowest BCUT2D eigenvalue weighted by molar-refractivity contribution is 0.0981. The fraction of sp³-hybridized carbons (Fsp3) is 0.333. The molecule has 0 saturated carbocycles. The molecule has 0 radical (unpaired) electrons. The van der Waals surface area contributed by atoms with Crippen LogP contribution in [0.3, 0.4) is 0 Å². The first-order valence-electron chi connectivity index (χ1n) is 4.73. The molecule has 0 heterocycles. The van der Waals surface area contributed by atoms with Crippen molar-refractivity contribution in [2.45, 2.75) is 26.7 Å². The zero-order valence-corrected chi connectivity index (χ0v) is 8.50. The smallest absolute Gasteiger partial charge is 0.164 e. The summed E-state index contributed by atoms with van der Waals surface area (Å²) in [5.41, 5.74) is 1.95. The second kappa shape index (κ2) is 4.57. The fourth-order valence-electron chi connectivity index (χ4n) is 1.41. The molecule has 0 fully saturated rings. The van der Waals surface area contributed by atoms with E-state index in [4.69, 9.17) is 5.26 Å². The topological polar surface area (TPSA) is 40.9 Å². The van der Waals surface area contributed by atoms with Crippen LogP contribution >= 0.6 is 0 Å². The van der Waals surface area contributed by atoms with Crippen molar-refractivity contribution in [1.82, 2.24) is 0 Å². The summed E-state index contributed by atoms with van der Waals surface area (Å²) in [6, 6.07) is 7.48. The fourth-order valence-corrected chi connectivity index (χ4v) is 1.41. The number of hydrogen-bond acceptors (Lipinski definition) is 2. The first kappa shape index (κ1) is 10.5. The third-order valence-electron chi connectivity index (χ3n) is 2.16. The first-order chi connectivity index (χ1) is 6.70. The number of ketones is 1. The molecule has 0 amide bonds. The number of carbonyl (C=O) groups is 1. The van der Waals surface area contributed by atoms with Gasteiger partial charge in [-0.2, -0.15) is 5.26 Å². The van der Waals surface area contributed by atoms with Crippen LogP contribution in [0, 0.1) is 18.3 Å². The van der Waals surface area contributed by atoms with Crippen molar-refractivity contribution in [3.05, 3.63) is 34.9 Å². The van der Waals surface area contributed by atoms with Gasteiger partial charge in [-0.15, -0.1) is 0 Å². The summed E-state index contributed by atoms with van der Waals surface area (Å²) >= 11 is 0. The molecule has 0 aliphatic rings. The minimum Gasteiger partial charge on any atom is -0.294 e. The van der Waals surface area contributed by atoms with Gasteiger partial charge in [-0.3, -0.25) is 4.79 Å². The van der Waals surface area contributed by atoms with Crippen molar-refractivity contribution >= 4 is 5.78 Å². The van der Waals surface area contributed by atoms with Crippen LogP contribution in [-0.4, -0.2) is 5.78 Å². The van der Waals surface area contributed by atoms with E-state index < -0.39 is 0 Å². The molecule has 0 unspecified atom stereocenters. The average molecular weight is 187 g/mol. The Labute approximate surface area is 84.2 Å². The van der Waals surface area contributed by atoms with Crippen LogP contribution in [0.2, 0.25) is 0 Å². The van der Waals surface area contributed by atoms with Crippen LogP contribution in [-0.2, 0) is 0 Å². The molecule has 1 rings (SSSR count). The Balaban J connectivity index is 3.15. The Bertz CT molecular complexity index is 388. The first-order valence-corrected chi connectivity index (χ1v) is 4.73. The highest BCUT2D eigenvalue weighted by molar-refractivity contribution is 5.98. The molecule has 2 heteroatoms. The van der Waals surface area contributed by atoms with E-state index in [1.54, 1.807) is 6.07 Å². The summed E-state index contributed by atoms with van der Waals surface area (Å²) in [5.74, 6) is 0.0627. The number of carbonyl (C=O) groups excluding carboxylic acids is 1. The van der Waals surface area contributed by atoms with Gasteiger partial charge in [-0.25, -0.2) is 0 Å². The van der Waals surface area contributed by atoms with Crippen LogP contribution in [0.4, 0.5) is 0 Å². The van der Waals surface area contributed by atoms with Gasteiger partial charge >= 0.3 is 0 Å². The average Bonchev–Trinajstić information content (AvgIpc) is 2.17. The lowest BCUT2D eigenvalue weighted by atomic mass is 9.98. The van der Waals surface area contributed by atoms with Crippen molar-refractivity contribution in [3.63, 3.8) is 0 Å². The van der Waals surface area contributed by atoms with Crippen LogP contribution in [0.25, 0.3) is 0 Å². The van der Waals surface area contributed by atoms with E-state index in [2.05, 4.69) is 6.07 Å². The van der Waals surface area contributed by atoms with Gasteiger partial charge in [-0.1, -0.05) is 25.1 Å². The molecule has 0 aliphatic heterocycles. The van der Waals surface area contributed by atoms with Gasteiger partial charge < -0.3 is 0 Å². The van der Waals surface area contributed by atoms with E-state index in [9.17, 15) is 4.79 Å².